The van der Waals surface area contributed by atoms with Crippen molar-refractivity contribution < 1.29 is 22.7 Å². The van der Waals surface area contributed by atoms with E-state index in [9.17, 15) is 18.0 Å². The molecule has 2 heterocycles. The van der Waals surface area contributed by atoms with Gasteiger partial charge in [-0.1, -0.05) is 12.1 Å². The molecule has 0 saturated heterocycles. The first-order valence-electron chi connectivity index (χ1n) is 7.11. The Kier molecular flexibility index (Phi) is 4.71. The van der Waals surface area contributed by atoms with Gasteiger partial charge in [0.25, 0.3) is 5.91 Å². The lowest BCUT2D eigenvalue weighted by atomic mass is 10.2. The monoisotopic (exact) mass is 416 g/mol. The molecule has 0 atom stereocenters. The SMILES string of the molecule is O=C(NCc1ccc(OC(F)(F)F)cc1)c1cn2c(n1)C=CN(Br)C2. The molecule has 0 radical (unpaired) electrons. The summed E-state index contributed by atoms with van der Waals surface area (Å²) >= 11 is 3.31. The van der Waals surface area contributed by atoms with Crippen molar-refractivity contribution in [2.75, 3.05) is 0 Å². The first-order chi connectivity index (χ1) is 11.8. The average molecular weight is 417 g/mol. The summed E-state index contributed by atoms with van der Waals surface area (Å²) in [6, 6.07) is 5.29. The molecule has 1 amide bonds. The fourth-order valence-electron chi connectivity index (χ4n) is 2.21. The summed E-state index contributed by atoms with van der Waals surface area (Å²) in [5, 5.41) is 2.68. The standard InChI is InChI=1S/C15H12BrF3N4O2/c16-23-6-5-13-21-12(8-22(13)9-23)14(24)20-7-10-1-3-11(4-2-10)25-15(17,18)19/h1-6,8H,7,9H2,(H,20,24). The first-order valence-corrected chi connectivity index (χ1v) is 7.82. The number of hydrogen-bond donors (Lipinski definition) is 1. The van der Waals surface area contributed by atoms with Crippen molar-refractivity contribution in [1.29, 1.82) is 0 Å². The van der Waals surface area contributed by atoms with Gasteiger partial charge in [-0.05, 0) is 23.8 Å². The fraction of sp³-hybridized carbons (Fsp3) is 0.200. The van der Waals surface area contributed by atoms with Crippen LogP contribution in [0.2, 0.25) is 0 Å². The summed E-state index contributed by atoms with van der Waals surface area (Å²) in [5.41, 5.74) is 0.901. The van der Waals surface area contributed by atoms with Crippen LogP contribution in [-0.2, 0) is 13.2 Å². The molecule has 1 aromatic heterocycles. The molecule has 0 unspecified atom stereocenters. The maximum atomic E-state index is 12.2. The van der Waals surface area contributed by atoms with Gasteiger partial charge in [0.05, 0.1) is 16.1 Å². The van der Waals surface area contributed by atoms with E-state index in [-0.39, 0.29) is 23.9 Å². The van der Waals surface area contributed by atoms with Crippen LogP contribution in [0.3, 0.4) is 0 Å². The second kappa shape index (κ2) is 6.79. The Morgan fingerprint density at radius 2 is 2.04 bits per heavy atom. The van der Waals surface area contributed by atoms with Gasteiger partial charge in [-0.2, -0.15) is 0 Å². The Hall–Kier alpha value is -2.49. The summed E-state index contributed by atoms with van der Waals surface area (Å²) in [7, 11) is 0. The van der Waals surface area contributed by atoms with Crippen molar-refractivity contribution in [3.63, 3.8) is 0 Å². The molecule has 0 spiro atoms. The molecule has 2 aromatic rings. The molecule has 25 heavy (non-hydrogen) atoms. The summed E-state index contributed by atoms with van der Waals surface area (Å²) in [6.07, 6.45) is 0.445. The lowest BCUT2D eigenvalue weighted by Crippen LogP contribution is -2.23. The zero-order valence-electron chi connectivity index (χ0n) is 12.6. The van der Waals surface area contributed by atoms with Gasteiger partial charge in [0.1, 0.15) is 23.9 Å². The minimum absolute atomic E-state index is 0.160. The van der Waals surface area contributed by atoms with Gasteiger partial charge in [0.2, 0.25) is 0 Å². The number of carbonyl (C=O) groups is 1. The van der Waals surface area contributed by atoms with E-state index in [1.807, 2.05) is 0 Å². The van der Waals surface area contributed by atoms with E-state index >= 15 is 0 Å². The van der Waals surface area contributed by atoms with Gasteiger partial charge in [0.15, 0.2) is 0 Å². The predicted octanol–water partition coefficient (Wildman–Crippen LogP) is 3.27. The topological polar surface area (TPSA) is 59.4 Å². The normalized spacial score (nSPS) is 13.5. The first kappa shape index (κ1) is 17.3. The van der Waals surface area contributed by atoms with Gasteiger partial charge in [0, 0.05) is 18.9 Å². The van der Waals surface area contributed by atoms with E-state index in [4.69, 9.17) is 0 Å². The van der Waals surface area contributed by atoms with Crippen molar-refractivity contribution in [1.82, 2.24) is 18.8 Å². The molecule has 0 aliphatic carbocycles. The number of imidazole rings is 1. The summed E-state index contributed by atoms with van der Waals surface area (Å²) in [4.78, 5) is 16.4. The average Bonchev–Trinajstić information content (AvgIpc) is 2.95. The molecule has 6 nitrogen and oxygen atoms in total. The van der Waals surface area contributed by atoms with E-state index in [1.54, 1.807) is 27.0 Å². The molecule has 132 valence electrons. The lowest BCUT2D eigenvalue weighted by molar-refractivity contribution is -0.274. The third-order valence-corrected chi connectivity index (χ3v) is 3.78. The minimum atomic E-state index is -4.73. The number of alkyl halides is 3. The van der Waals surface area contributed by atoms with Crippen LogP contribution < -0.4 is 10.1 Å². The van der Waals surface area contributed by atoms with Crippen molar-refractivity contribution >= 4 is 28.1 Å². The van der Waals surface area contributed by atoms with Crippen molar-refractivity contribution in [3.05, 3.63) is 53.7 Å². The third kappa shape index (κ3) is 4.53. The van der Waals surface area contributed by atoms with E-state index in [2.05, 4.69) is 31.2 Å². The number of ether oxygens (including phenoxy) is 1. The third-order valence-electron chi connectivity index (χ3n) is 3.32. The number of halogens is 4. The summed E-state index contributed by atoms with van der Waals surface area (Å²) < 4.78 is 43.7. The van der Waals surface area contributed by atoms with Crippen molar-refractivity contribution in [3.8, 4) is 5.75 Å². The Morgan fingerprint density at radius 3 is 2.72 bits per heavy atom. The highest BCUT2D eigenvalue weighted by Crippen LogP contribution is 2.22. The van der Waals surface area contributed by atoms with Crippen LogP contribution in [0, 0.1) is 0 Å². The van der Waals surface area contributed by atoms with Crippen LogP contribution in [0.1, 0.15) is 21.9 Å². The van der Waals surface area contributed by atoms with Gasteiger partial charge < -0.3 is 14.6 Å². The number of nitrogens with one attached hydrogen (secondary N) is 1. The second-order valence-corrected chi connectivity index (χ2v) is 6.10. The molecular formula is C15H12BrF3N4O2. The molecular weight excluding hydrogens is 405 g/mol. The quantitative estimate of drug-likeness (QED) is 0.777. The zero-order chi connectivity index (χ0) is 18.0. The van der Waals surface area contributed by atoms with Crippen molar-refractivity contribution in [2.45, 2.75) is 19.6 Å². The fourth-order valence-corrected chi connectivity index (χ4v) is 2.57. The molecule has 1 aromatic carbocycles. The van der Waals surface area contributed by atoms with Crippen LogP contribution in [0.25, 0.3) is 6.08 Å². The Morgan fingerprint density at radius 1 is 1.32 bits per heavy atom. The predicted molar refractivity (Wildman–Crippen MR) is 86.3 cm³/mol. The largest absolute Gasteiger partial charge is 0.573 e. The highest BCUT2D eigenvalue weighted by Gasteiger charge is 2.30. The highest BCUT2D eigenvalue weighted by atomic mass is 79.9. The van der Waals surface area contributed by atoms with Crippen LogP contribution >= 0.6 is 16.1 Å². The van der Waals surface area contributed by atoms with Crippen LogP contribution in [0.15, 0.2) is 36.7 Å². The number of amides is 1. The molecule has 10 heteroatoms. The molecule has 1 aliphatic rings. The molecule has 1 aliphatic heterocycles. The number of benzene rings is 1. The Balaban J connectivity index is 1.58. The Labute approximate surface area is 149 Å². The van der Waals surface area contributed by atoms with E-state index in [1.165, 1.54) is 24.3 Å². The highest BCUT2D eigenvalue weighted by molar-refractivity contribution is 9.07. The number of hydrogen-bond acceptors (Lipinski definition) is 4. The number of aromatic nitrogens is 2. The lowest BCUT2D eigenvalue weighted by Gasteiger charge is -2.16. The van der Waals surface area contributed by atoms with Crippen LogP contribution in [0.5, 0.6) is 5.75 Å². The molecule has 3 rings (SSSR count). The number of nitrogens with zero attached hydrogens (tertiary/aromatic N) is 3. The smallest absolute Gasteiger partial charge is 0.406 e. The van der Waals surface area contributed by atoms with E-state index in [0.29, 0.717) is 18.1 Å². The zero-order valence-corrected chi connectivity index (χ0v) is 14.2. The number of fused-ring (bicyclic) bond motifs is 1. The molecule has 1 N–H and O–H groups in total. The molecule has 0 bridgehead atoms. The maximum absolute atomic E-state index is 12.2. The van der Waals surface area contributed by atoms with Crippen LogP contribution in [0.4, 0.5) is 13.2 Å². The second-order valence-electron chi connectivity index (χ2n) is 5.19. The number of rotatable bonds is 4. The summed E-state index contributed by atoms with van der Waals surface area (Å²) in [6.45, 7) is 0.681. The van der Waals surface area contributed by atoms with Gasteiger partial charge in [-0.3, -0.25) is 8.72 Å². The minimum Gasteiger partial charge on any atom is -0.406 e. The Bertz CT molecular complexity index is 802. The summed E-state index contributed by atoms with van der Waals surface area (Å²) in [5.74, 6) is -0.0167. The van der Waals surface area contributed by atoms with Crippen LogP contribution in [-0.4, -0.2) is 25.7 Å². The van der Waals surface area contributed by atoms with Gasteiger partial charge in [-0.25, -0.2) is 4.98 Å². The molecule has 0 saturated carbocycles. The maximum Gasteiger partial charge on any atom is 0.573 e. The van der Waals surface area contributed by atoms with E-state index in [0.717, 1.165) is 0 Å². The molecule has 0 fully saturated rings. The van der Waals surface area contributed by atoms with Gasteiger partial charge >= 0.3 is 6.36 Å². The van der Waals surface area contributed by atoms with Gasteiger partial charge in [-0.15, -0.1) is 13.2 Å². The van der Waals surface area contributed by atoms with Crippen molar-refractivity contribution in [2.24, 2.45) is 0 Å². The number of carbonyl (C=O) groups excluding carboxylic acids is 1. The van der Waals surface area contributed by atoms with E-state index < -0.39 is 6.36 Å².